The summed E-state index contributed by atoms with van der Waals surface area (Å²) in [4.78, 5) is 23.9. The molecule has 5 heteroatoms. The van der Waals surface area contributed by atoms with Gasteiger partial charge in [0.05, 0.1) is 6.61 Å². The molecule has 0 spiro atoms. The first-order valence-electron chi connectivity index (χ1n) is 20.6. The maximum atomic E-state index is 12.1. The number of carbonyl (C=O) groups excluding carboxylic acids is 2. The van der Waals surface area contributed by atoms with Gasteiger partial charge in [-0.25, -0.2) is 0 Å². The maximum Gasteiger partial charge on any atom is 0.306 e. The number of rotatable bonds is 38. The molecule has 0 heterocycles. The minimum Gasteiger partial charge on any atom is -0.462 e. The van der Waals surface area contributed by atoms with E-state index in [2.05, 4.69) is 13.8 Å². The van der Waals surface area contributed by atoms with E-state index in [1.165, 1.54) is 167 Å². The number of ether oxygens (including phenoxy) is 2. The van der Waals surface area contributed by atoms with Gasteiger partial charge in [0.2, 0.25) is 0 Å². The molecule has 1 unspecified atom stereocenters. The fraction of sp³-hybridized carbons (Fsp3) is 0.951. The Morgan fingerprint density at radius 1 is 0.413 bits per heavy atom. The fourth-order valence-corrected chi connectivity index (χ4v) is 6.26. The summed E-state index contributed by atoms with van der Waals surface area (Å²) in [6.07, 6.45) is 42.3. The average Bonchev–Trinajstić information content (AvgIpc) is 3.06. The molecule has 0 amide bonds. The molecular formula is C41H80O5. The third kappa shape index (κ3) is 35.7. The summed E-state index contributed by atoms with van der Waals surface area (Å²) in [5.74, 6) is -0.592. The zero-order valence-corrected chi connectivity index (χ0v) is 31.1. The van der Waals surface area contributed by atoms with Crippen LogP contribution in [-0.4, -0.2) is 36.4 Å². The third-order valence-electron chi connectivity index (χ3n) is 9.40. The Morgan fingerprint density at radius 3 is 0.957 bits per heavy atom. The van der Waals surface area contributed by atoms with Crippen molar-refractivity contribution in [1.29, 1.82) is 0 Å². The summed E-state index contributed by atoms with van der Waals surface area (Å²) < 4.78 is 10.5. The summed E-state index contributed by atoms with van der Waals surface area (Å²) in [6.45, 7) is 4.07. The van der Waals surface area contributed by atoms with Gasteiger partial charge in [0.1, 0.15) is 6.61 Å². The summed E-state index contributed by atoms with van der Waals surface area (Å²) in [7, 11) is 0. The standard InChI is InChI=1S/C41H80O5/c1-3-5-7-9-10-11-12-13-14-15-16-17-18-19-20-21-22-23-24-25-26-27-28-29-30-32-34-36-41(44)46-39(37-42)38-45-40(43)35-33-31-8-6-4-2/h39,42H,3-38H2,1-2H3. The minimum atomic E-state index is -0.759. The summed E-state index contributed by atoms with van der Waals surface area (Å²) >= 11 is 0. The molecule has 0 radical (unpaired) electrons. The van der Waals surface area contributed by atoms with E-state index in [4.69, 9.17) is 9.47 Å². The number of esters is 2. The van der Waals surface area contributed by atoms with Crippen LogP contribution in [-0.2, 0) is 19.1 Å². The molecule has 46 heavy (non-hydrogen) atoms. The highest BCUT2D eigenvalue weighted by Gasteiger charge is 2.16. The molecule has 0 aliphatic heterocycles. The fourth-order valence-electron chi connectivity index (χ4n) is 6.26. The number of aliphatic hydroxyl groups is 1. The van der Waals surface area contributed by atoms with E-state index in [1.54, 1.807) is 0 Å². The lowest BCUT2D eigenvalue weighted by molar-refractivity contribution is -0.161. The first-order valence-corrected chi connectivity index (χ1v) is 20.6. The highest BCUT2D eigenvalue weighted by molar-refractivity contribution is 5.70. The number of carbonyl (C=O) groups is 2. The van der Waals surface area contributed by atoms with Crippen molar-refractivity contribution in [1.82, 2.24) is 0 Å². The molecular weight excluding hydrogens is 572 g/mol. The van der Waals surface area contributed by atoms with Crippen LogP contribution in [0, 0.1) is 0 Å². The first-order chi connectivity index (χ1) is 22.6. The molecule has 0 bridgehead atoms. The third-order valence-corrected chi connectivity index (χ3v) is 9.40. The average molecular weight is 653 g/mol. The second kappa shape index (κ2) is 38.3. The van der Waals surface area contributed by atoms with Crippen LogP contribution >= 0.6 is 0 Å². The van der Waals surface area contributed by atoms with Gasteiger partial charge in [0, 0.05) is 12.8 Å². The van der Waals surface area contributed by atoms with Crippen molar-refractivity contribution in [2.45, 2.75) is 238 Å². The number of hydrogen-bond acceptors (Lipinski definition) is 5. The van der Waals surface area contributed by atoms with E-state index in [-0.39, 0.29) is 25.2 Å². The second-order valence-corrected chi connectivity index (χ2v) is 14.1. The molecule has 274 valence electrons. The van der Waals surface area contributed by atoms with Gasteiger partial charge < -0.3 is 14.6 Å². The molecule has 5 nitrogen and oxygen atoms in total. The zero-order valence-electron chi connectivity index (χ0n) is 31.1. The van der Waals surface area contributed by atoms with Crippen molar-refractivity contribution in [3.63, 3.8) is 0 Å². The topological polar surface area (TPSA) is 72.8 Å². The summed E-state index contributed by atoms with van der Waals surface area (Å²) in [5, 5.41) is 9.47. The molecule has 0 aromatic heterocycles. The molecule has 0 aliphatic carbocycles. The zero-order chi connectivity index (χ0) is 33.6. The molecule has 1 atom stereocenters. The molecule has 0 saturated heterocycles. The Balaban J connectivity index is 3.33. The second-order valence-electron chi connectivity index (χ2n) is 14.1. The smallest absolute Gasteiger partial charge is 0.306 e. The van der Waals surface area contributed by atoms with E-state index in [9.17, 15) is 14.7 Å². The molecule has 0 aliphatic rings. The van der Waals surface area contributed by atoms with Crippen LogP contribution in [0.2, 0.25) is 0 Å². The van der Waals surface area contributed by atoms with Crippen LogP contribution in [0.4, 0.5) is 0 Å². The van der Waals surface area contributed by atoms with Crippen molar-refractivity contribution >= 4 is 11.9 Å². The van der Waals surface area contributed by atoms with Crippen molar-refractivity contribution in [2.75, 3.05) is 13.2 Å². The van der Waals surface area contributed by atoms with Gasteiger partial charge in [-0.05, 0) is 12.8 Å². The van der Waals surface area contributed by atoms with Crippen LogP contribution in [0.1, 0.15) is 232 Å². The largest absolute Gasteiger partial charge is 0.462 e. The van der Waals surface area contributed by atoms with E-state index < -0.39 is 6.10 Å². The highest BCUT2D eigenvalue weighted by Crippen LogP contribution is 2.16. The molecule has 0 saturated carbocycles. The number of hydrogen-bond donors (Lipinski definition) is 1. The Labute approximate surface area is 287 Å². The van der Waals surface area contributed by atoms with Gasteiger partial charge in [0.25, 0.3) is 0 Å². The van der Waals surface area contributed by atoms with Crippen LogP contribution < -0.4 is 0 Å². The van der Waals surface area contributed by atoms with Crippen LogP contribution in [0.25, 0.3) is 0 Å². The van der Waals surface area contributed by atoms with Crippen LogP contribution in [0.3, 0.4) is 0 Å². The SMILES string of the molecule is CCCCCCCCCCCCCCCCCCCCCCCCCCCCCC(=O)OC(CO)COC(=O)CCCCCCC. The monoisotopic (exact) mass is 653 g/mol. The number of aliphatic hydroxyl groups excluding tert-OH is 1. The Hall–Kier alpha value is -1.10. The molecule has 0 rings (SSSR count). The van der Waals surface area contributed by atoms with Gasteiger partial charge in [-0.2, -0.15) is 0 Å². The molecule has 0 fully saturated rings. The highest BCUT2D eigenvalue weighted by atomic mass is 16.6. The van der Waals surface area contributed by atoms with E-state index in [1.807, 2.05) is 0 Å². The Kier molecular flexibility index (Phi) is 37.4. The van der Waals surface area contributed by atoms with Crippen LogP contribution in [0.15, 0.2) is 0 Å². The van der Waals surface area contributed by atoms with Gasteiger partial charge in [-0.3, -0.25) is 9.59 Å². The molecule has 1 N–H and O–H groups in total. The maximum absolute atomic E-state index is 12.1. The quantitative estimate of drug-likeness (QED) is 0.0531. The predicted molar refractivity (Wildman–Crippen MR) is 196 cm³/mol. The predicted octanol–water partition coefficient (Wildman–Crippen LogP) is 12.7. The Morgan fingerprint density at radius 2 is 0.674 bits per heavy atom. The molecule has 0 aromatic rings. The Bertz CT molecular complexity index is 622. The lowest BCUT2D eigenvalue weighted by Gasteiger charge is -2.15. The van der Waals surface area contributed by atoms with Gasteiger partial charge >= 0.3 is 11.9 Å². The number of unbranched alkanes of at least 4 members (excludes halogenated alkanes) is 30. The van der Waals surface area contributed by atoms with Gasteiger partial charge in [0.15, 0.2) is 6.10 Å². The van der Waals surface area contributed by atoms with Gasteiger partial charge in [-0.1, -0.05) is 206 Å². The van der Waals surface area contributed by atoms with E-state index in [0.29, 0.717) is 12.8 Å². The first kappa shape index (κ1) is 44.9. The van der Waals surface area contributed by atoms with Crippen molar-refractivity contribution in [2.24, 2.45) is 0 Å². The van der Waals surface area contributed by atoms with Crippen molar-refractivity contribution in [3.05, 3.63) is 0 Å². The lowest BCUT2D eigenvalue weighted by Crippen LogP contribution is -2.28. The normalized spacial score (nSPS) is 12.0. The van der Waals surface area contributed by atoms with Crippen molar-refractivity contribution < 1.29 is 24.2 Å². The van der Waals surface area contributed by atoms with Crippen molar-refractivity contribution in [3.8, 4) is 0 Å². The lowest BCUT2D eigenvalue weighted by atomic mass is 10.0. The van der Waals surface area contributed by atoms with E-state index in [0.717, 1.165) is 38.5 Å². The van der Waals surface area contributed by atoms with Gasteiger partial charge in [-0.15, -0.1) is 0 Å². The molecule has 0 aromatic carbocycles. The summed E-state index contributed by atoms with van der Waals surface area (Å²) in [6, 6.07) is 0. The van der Waals surface area contributed by atoms with E-state index >= 15 is 0 Å². The summed E-state index contributed by atoms with van der Waals surface area (Å²) in [5.41, 5.74) is 0. The minimum absolute atomic E-state index is 0.0599. The van der Waals surface area contributed by atoms with Crippen LogP contribution in [0.5, 0.6) is 0 Å².